The molecule has 0 bridgehead atoms. The van der Waals surface area contributed by atoms with Crippen LogP contribution in [0.3, 0.4) is 0 Å². The molecule has 0 unspecified atom stereocenters. The normalized spacial score (nSPS) is 13.2. The van der Waals surface area contributed by atoms with Crippen molar-refractivity contribution in [3.63, 3.8) is 0 Å². The van der Waals surface area contributed by atoms with Crippen LogP contribution >= 0.6 is 23.2 Å². The molecule has 2 heterocycles. The number of hydrogen-bond acceptors (Lipinski definition) is 3. The first-order valence-electron chi connectivity index (χ1n) is 6.79. The first kappa shape index (κ1) is 14.4. The molecule has 0 aliphatic carbocycles. The highest BCUT2D eigenvalue weighted by atomic mass is 35.5. The van der Waals surface area contributed by atoms with E-state index in [0.29, 0.717) is 28.6 Å². The molecule has 21 heavy (non-hydrogen) atoms. The van der Waals surface area contributed by atoms with E-state index in [1.807, 2.05) is 0 Å². The van der Waals surface area contributed by atoms with Gasteiger partial charge in [0.15, 0.2) is 0 Å². The molecule has 2 aromatic rings. The predicted molar refractivity (Wildman–Crippen MR) is 80.8 cm³/mol. The highest BCUT2D eigenvalue weighted by Crippen LogP contribution is 2.22. The summed E-state index contributed by atoms with van der Waals surface area (Å²) in [5.41, 5.74) is 0.496. The lowest BCUT2D eigenvalue weighted by atomic mass is 10.2. The van der Waals surface area contributed by atoms with Gasteiger partial charge < -0.3 is 9.88 Å². The van der Waals surface area contributed by atoms with Crippen LogP contribution in [0.4, 0.5) is 0 Å². The highest BCUT2D eigenvalue weighted by molar-refractivity contribution is 6.42. The number of benzene rings is 1. The van der Waals surface area contributed by atoms with Crippen LogP contribution in [-0.4, -0.2) is 27.2 Å². The van der Waals surface area contributed by atoms with Crippen molar-refractivity contribution in [3.05, 3.63) is 45.5 Å². The number of nitrogens with one attached hydrogen (secondary N) is 1. The number of aryl methyl sites for hydroxylation is 1. The van der Waals surface area contributed by atoms with E-state index in [0.717, 1.165) is 31.0 Å². The van der Waals surface area contributed by atoms with Gasteiger partial charge in [-0.05, 0) is 24.6 Å². The summed E-state index contributed by atoms with van der Waals surface area (Å²) >= 11 is 11.7. The summed E-state index contributed by atoms with van der Waals surface area (Å²) in [6.07, 6.45) is 2.77. The van der Waals surface area contributed by atoms with Crippen molar-refractivity contribution in [2.45, 2.75) is 25.8 Å². The van der Waals surface area contributed by atoms with Gasteiger partial charge in [-0.2, -0.15) is 0 Å². The van der Waals surface area contributed by atoms with Gasteiger partial charge in [0.25, 0.3) is 5.91 Å². The second-order valence-electron chi connectivity index (χ2n) is 4.92. The lowest BCUT2D eigenvalue weighted by Gasteiger charge is -2.06. The maximum atomic E-state index is 12.0. The van der Waals surface area contributed by atoms with E-state index >= 15 is 0 Å². The Morgan fingerprint density at radius 2 is 2.14 bits per heavy atom. The molecule has 0 saturated heterocycles. The molecule has 0 fully saturated rings. The van der Waals surface area contributed by atoms with Gasteiger partial charge in [-0.1, -0.05) is 23.2 Å². The summed E-state index contributed by atoms with van der Waals surface area (Å²) in [7, 11) is 0. The van der Waals surface area contributed by atoms with Gasteiger partial charge in [-0.15, -0.1) is 10.2 Å². The second kappa shape index (κ2) is 6.03. The monoisotopic (exact) mass is 324 g/mol. The van der Waals surface area contributed by atoms with Crippen molar-refractivity contribution in [3.8, 4) is 0 Å². The van der Waals surface area contributed by atoms with Crippen molar-refractivity contribution < 1.29 is 4.79 Å². The Bertz CT molecular complexity index is 684. The first-order chi connectivity index (χ1) is 10.1. The Morgan fingerprint density at radius 1 is 1.29 bits per heavy atom. The summed E-state index contributed by atoms with van der Waals surface area (Å²) in [6, 6.07) is 4.83. The standard InChI is InChI=1S/C14H14Cl2N4O/c15-10-4-3-9(8-11(10)16)14(21)17-6-5-13-19-18-12-2-1-7-20(12)13/h3-4,8H,1-2,5-7H2,(H,17,21). The van der Waals surface area contributed by atoms with E-state index < -0.39 is 0 Å². The van der Waals surface area contributed by atoms with Crippen LogP contribution in [0.1, 0.15) is 28.4 Å². The number of nitrogens with zero attached hydrogens (tertiary/aromatic N) is 3. The van der Waals surface area contributed by atoms with Crippen LogP contribution in [-0.2, 0) is 19.4 Å². The lowest BCUT2D eigenvalue weighted by molar-refractivity contribution is 0.0954. The van der Waals surface area contributed by atoms with E-state index in [1.165, 1.54) is 0 Å². The fraction of sp³-hybridized carbons (Fsp3) is 0.357. The number of carbonyl (C=O) groups is 1. The number of amides is 1. The van der Waals surface area contributed by atoms with Gasteiger partial charge in [0, 0.05) is 31.5 Å². The van der Waals surface area contributed by atoms with Crippen molar-refractivity contribution >= 4 is 29.1 Å². The molecule has 0 atom stereocenters. The maximum absolute atomic E-state index is 12.0. The van der Waals surface area contributed by atoms with Crippen molar-refractivity contribution in [2.75, 3.05) is 6.54 Å². The summed E-state index contributed by atoms with van der Waals surface area (Å²) in [5.74, 6) is 1.80. The molecule has 7 heteroatoms. The molecule has 1 amide bonds. The number of aromatic nitrogens is 3. The Morgan fingerprint density at radius 3 is 2.95 bits per heavy atom. The molecule has 0 radical (unpaired) electrons. The number of halogens is 2. The van der Waals surface area contributed by atoms with Crippen LogP contribution in [0.5, 0.6) is 0 Å². The minimum atomic E-state index is -0.172. The molecule has 1 aliphatic rings. The second-order valence-corrected chi connectivity index (χ2v) is 5.74. The van der Waals surface area contributed by atoms with E-state index in [-0.39, 0.29) is 5.91 Å². The van der Waals surface area contributed by atoms with Crippen LogP contribution in [0.25, 0.3) is 0 Å². The van der Waals surface area contributed by atoms with Gasteiger partial charge in [-0.25, -0.2) is 0 Å². The SMILES string of the molecule is O=C(NCCc1nnc2n1CCC2)c1ccc(Cl)c(Cl)c1. The summed E-state index contributed by atoms with van der Waals surface area (Å²) in [5, 5.41) is 12.0. The smallest absolute Gasteiger partial charge is 0.251 e. The van der Waals surface area contributed by atoms with Crippen LogP contribution < -0.4 is 5.32 Å². The quantitative estimate of drug-likeness (QED) is 0.940. The third-order valence-corrected chi connectivity index (χ3v) is 4.24. The summed E-state index contributed by atoms with van der Waals surface area (Å²) < 4.78 is 2.13. The number of fused-ring (bicyclic) bond motifs is 1. The Labute approximate surface area is 132 Å². The van der Waals surface area contributed by atoms with Gasteiger partial charge in [0.1, 0.15) is 11.6 Å². The molecule has 0 spiro atoms. The average molecular weight is 325 g/mol. The number of carbonyl (C=O) groups excluding carboxylic acids is 1. The van der Waals surface area contributed by atoms with Gasteiger partial charge >= 0.3 is 0 Å². The molecule has 0 saturated carbocycles. The first-order valence-corrected chi connectivity index (χ1v) is 7.55. The fourth-order valence-corrected chi connectivity index (χ4v) is 2.72. The molecule has 3 rings (SSSR count). The van der Waals surface area contributed by atoms with Crippen molar-refractivity contribution in [1.29, 1.82) is 0 Å². The Balaban J connectivity index is 1.57. The van der Waals surface area contributed by atoms with Crippen molar-refractivity contribution in [2.24, 2.45) is 0 Å². The van der Waals surface area contributed by atoms with E-state index in [1.54, 1.807) is 18.2 Å². The molecular formula is C14H14Cl2N4O. The zero-order valence-electron chi connectivity index (χ0n) is 11.3. The zero-order valence-corrected chi connectivity index (χ0v) is 12.8. The number of rotatable bonds is 4. The van der Waals surface area contributed by atoms with E-state index in [4.69, 9.17) is 23.2 Å². The topological polar surface area (TPSA) is 59.8 Å². The molecule has 1 aliphatic heterocycles. The number of hydrogen-bond donors (Lipinski definition) is 1. The Hall–Kier alpha value is -1.59. The molecule has 110 valence electrons. The third kappa shape index (κ3) is 3.04. The largest absolute Gasteiger partial charge is 0.352 e. The summed E-state index contributed by atoms with van der Waals surface area (Å²) in [6.45, 7) is 1.48. The fourth-order valence-electron chi connectivity index (χ4n) is 2.42. The minimum absolute atomic E-state index is 0.172. The maximum Gasteiger partial charge on any atom is 0.251 e. The van der Waals surface area contributed by atoms with Crippen LogP contribution in [0.15, 0.2) is 18.2 Å². The molecule has 1 aromatic carbocycles. The minimum Gasteiger partial charge on any atom is -0.352 e. The Kier molecular flexibility index (Phi) is 4.12. The van der Waals surface area contributed by atoms with Gasteiger partial charge in [0.05, 0.1) is 10.0 Å². The predicted octanol–water partition coefficient (Wildman–Crippen LogP) is 2.50. The highest BCUT2D eigenvalue weighted by Gasteiger charge is 2.17. The average Bonchev–Trinajstić information content (AvgIpc) is 3.06. The molecular weight excluding hydrogens is 311 g/mol. The third-order valence-electron chi connectivity index (χ3n) is 3.50. The zero-order chi connectivity index (χ0) is 14.8. The summed E-state index contributed by atoms with van der Waals surface area (Å²) in [4.78, 5) is 12.0. The lowest BCUT2D eigenvalue weighted by Crippen LogP contribution is -2.26. The van der Waals surface area contributed by atoms with Gasteiger partial charge in [0.2, 0.25) is 0 Å². The van der Waals surface area contributed by atoms with Crippen molar-refractivity contribution in [1.82, 2.24) is 20.1 Å². The van der Waals surface area contributed by atoms with Crippen LogP contribution in [0.2, 0.25) is 10.0 Å². The van der Waals surface area contributed by atoms with Crippen LogP contribution in [0, 0.1) is 0 Å². The van der Waals surface area contributed by atoms with E-state index in [9.17, 15) is 4.79 Å². The molecule has 1 aromatic heterocycles. The molecule has 5 nitrogen and oxygen atoms in total. The van der Waals surface area contributed by atoms with E-state index in [2.05, 4.69) is 20.1 Å². The molecule has 1 N–H and O–H groups in total. The van der Waals surface area contributed by atoms with Gasteiger partial charge in [-0.3, -0.25) is 4.79 Å².